The molecule has 6 nitrogen and oxygen atoms in total. The van der Waals surface area contributed by atoms with Crippen molar-refractivity contribution in [2.75, 3.05) is 20.8 Å². The summed E-state index contributed by atoms with van der Waals surface area (Å²) in [5.74, 6) is 2.85. The Labute approximate surface area is 165 Å². The summed E-state index contributed by atoms with van der Waals surface area (Å²) in [5.41, 5.74) is 3.29. The topological polar surface area (TPSA) is 60.6 Å². The van der Waals surface area contributed by atoms with E-state index in [0.29, 0.717) is 18.3 Å². The second kappa shape index (κ2) is 8.02. The van der Waals surface area contributed by atoms with E-state index in [2.05, 4.69) is 40.2 Å². The van der Waals surface area contributed by atoms with E-state index in [-0.39, 0.29) is 6.04 Å². The van der Waals surface area contributed by atoms with Crippen molar-refractivity contribution in [2.45, 2.75) is 32.4 Å². The van der Waals surface area contributed by atoms with E-state index in [1.165, 1.54) is 11.1 Å². The zero-order chi connectivity index (χ0) is 19.5. The van der Waals surface area contributed by atoms with Crippen molar-refractivity contribution in [3.05, 3.63) is 59.5 Å². The third-order valence-corrected chi connectivity index (χ3v) is 5.23. The number of hydrogen-bond acceptors (Lipinski definition) is 6. The Morgan fingerprint density at radius 3 is 2.79 bits per heavy atom. The zero-order valence-corrected chi connectivity index (χ0v) is 16.5. The average Bonchev–Trinajstić information content (AvgIpc) is 3.37. The van der Waals surface area contributed by atoms with Crippen LogP contribution in [-0.2, 0) is 6.54 Å². The molecule has 2 heterocycles. The van der Waals surface area contributed by atoms with Gasteiger partial charge in [0.05, 0.1) is 20.8 Å². The van der Waals surface area contributed by atoms with Crippen molar-refractivity contribution in [3.63, 3.8) is 0 Å². The van der Waals surface area contributed by atoms with E-state index in [1.54, 1.807) is 14.2 Å². The molecule has 6 heteroatoms. The first-order valence-electron chi connectivity index (χ1n) is 9.53. The number of benzene rings is 2. The number of aromatic nitrogens is 2. The van der Waals surface area contributed by atoms with Gasteiger partial charge in [0, 0.05) is 23.2 Å². The van der Waals surface area contributed by atoms with Gasteiger partial charge < -0.3 is 13.9 Å². The summed E-state index contributed by atoms with van der Waals surface area (Å²) in [6.07, 6.45) is 2.19. The zero-order valence-electron chi connectivity index (χ0n) is 16.5. The predicted molar refractivity (Wildman–Crippen MR) is 106 cm³/mol. The first-order chi connectivity index (χ1) is 13.7. The molecular formula is C22H25N3O3. The van der Waals surface area contributed by atoms with Gasteiger partial charge in [-0.15, -0.1) is 10.2 Å². The molecule has 1 aliphatic heterocycles. The normalized spacial score (nSPS) is 17.0. The van der Waals surface area contributed by atoms with E-state index < -0.39 is 0 Å². The lowest BCUT2D eigenvalue weighted by atomic mass is 10.0. The summed E-state index contributed by atoms with van der Waals surface area (Å²) in [5, 5.41) is 8.51. The minimum absolute atomic E-state index is 0.259. The van der Waals surface area contributed by atoms with Crippen LogP contribution in [0, 0.1) is 6.92 Å². The van der Waals surface area contributed by atoms with Crippen LogP contribution in [-0.4, -0.2) is 35.9 Å². The minimum Gasteiger partial charge on any atom is -0.497 e. The van der Waals surface area contributed by atoms with Gasteiger partial charge in [0.15, 0.2) is 0 Å². The molecule has 0 saturated carbocycles. The van der Waals surface area contributed by atoms with Crippen LogP contribution < -0.4 is 9.47 Å². The number of rotatable bonds is 6. The van der Waals surface area contributed by atoms with E-state index in [1.807, 2.05) is 24.3 Å². The monoisotopic (exact) mass is 379 g/mol. The molecule has 1 fully saturated rings. The predicted octanol–water partition coefficient (Wildman–Crippen LogP) is 4.40. The van der Waals surface area contributed by atoms with Crippen LogP contribution in [0.1, 0.15) is 35.9 Å². The molecule has 1 unspecified atom stereocenters. The summed E-state index contributed by atoms with van der Waals surface area (Å²) in [6, 6.07) is 14.4. The molecule has 0 bridgehead atoms. The lowest BCUT2D eigenvalue weighted by Crippen LogP contribution is -2.23. The molecule has 4 rings (SSSR count). The molecule has 0 aliphatic carbocycles. The quantitative estimate of drug-likeness (QED) is 0.633. The van der Waals surface area contributed by atoms with Gasteiger partial charge in [0.1, 0.15) is 11.5 Å². The van der Waals surface area contributed by atoms with Crippen molar-refractivity contribution in [3.8, 4) is 23.0 Å². The Hall–Kier alpha value is -2.86. The second-order valence-corrected chi connectivity index (χ2v) is 7.11. The van der Waals surface area contributed by atoms with Crippen LogP contribution in [0.4, 0.5) is 0 Å². The van der Waals surface area contributed by atoms with E-state index >= 15 is 0 Å². The van der Waals surface area contributed by atoms with Gasteiger partial charge >= 0.3 is 0 Å². The van der Waals surface area contributed by atoms with Crippen molar-refractivity contribution in [1.82, 2.24) is 15.1 Å². The van der Waals surface area contributed by atoms with Crippen molar-refractivity contribution in [1.29, 1.82) is 0 Å². The number of nitrogens with zero attached hydrogens (tertiary/aromatic N) is 3. The second-order valence-electron chi connectivity index (χ2n) is 7.11. The van der Waals surface area contributed by atoms with Gasteiger partial charge in [-0.05, 0) is 44.5 Å². The first-order valence-corrected chi connectivity index (χ1v) is 9.53. The molecule has 3 aromatic rings. The van der Waals surface area contributed by atoms with Crippen molar-refractivity contribution < 1.29 is 13.9 Å². The molecule has 1 aliphatic rings. The van der Waals surface area contributed by atoms with E-state index in [9.17, 15) is 0 Å². The third-order valence-electron chi connectivity index (χ3n) is 5.23. The van der Waals surface area contributed by atoms with Crippen LogP contribution in [0.3, 0.4) is 0 Å². The van der Waals surface area contributed by atoms with Gasteiger partial charge in [-0.2, -0.15) is 0 Å². The Balaban J connectivity index is 1.54. The van der Waals surface area contributed by atoms with Crippen molar-refractivity contribution >= 4 is 0 Å². The fourth-order valence-corrected chi connectivity index (χ4v) is 3.85. The number of methoxy groups -OCH3 is 2. The maximum Gasteiger partial charge on any atom is 0.247 e. The number of hydrogen-bond donors (Lipinski definition) is 0. The highest BCUT2D eigenvalue weighted by molar-refractivity contribution is 5.53. The maximum absolute atomic E-state index is 5.95. The molecule has 0 amide bonds. The van der Waals surface area contributed by atoms with Gasteiger partial charge in [0.2, 0.25) is 11.8 Å². The highest BCUT2D eigenvalue weighted by Crippen LogP contribution is 2.39. The summed E-state index contributed by atoms with van der Waals surface area (Å²) in [6.45, 7) is 3.67. The van der Waals surface area contributed by atoms with Crippen LogP contribution in [0.15, 0.2) is 46.9 Å². The molecule has 0 radical (unpaired) electrons. The molecule has 146 valence electrons. The minimum atomic E-state index is 0.259. The Kier molecular flexibility index (Phi) is 5.30. The van der Waals surface area contributed by atoms with Gasteiger partial charge in [-0.3, -0.25) is 4.90 Å². The molecule has 2 aromatic carbocycles. The standard InChI is InChI=1S/C22H25N3O3/c1-15-6-4-7-16(12-15)22-24-23-21(28-22)14-25-11-5-8-19(25)18-10-9-17(26-2)13-20(18)27-3/h4,6-7,9-10,12-13,19H,5,8,11,14H2,1-3H3. The Morgan fingerprint density at radius 2 is 2.00 bits per heavy atom. The molecule has 28 heavy (non-hydrogen) atoms. The van der Waals surface area contributed by atoms with Gasteiger partial charge in [0.25, 0.3) is 0 Å². The summed E-state index contributed by atoms with van der Waals surface area (Å²) >= 11 is 0. The number of aryl methyl sites for hydroxylation is 1. The highest BCUT2D eigenvalue weighted by atomic mass is 16.5. The van der Waals surface area contributed by atoms with Crippen molar-refractivity contribution in [2.24, 2.45) is 0 Å². The summed E-state index contributed by atoms with van der Waals surface area (Å²) < 4.78 is 16.9. The van der Waals surface area contributed by atoms with Gasteiger partial charge in [-0.1, -0.05) is 23.8 Å². The largest absolute Gasteiger partial charge is 0.497 e. The fourth-order valence-electron chi connectivity index (χ4n) is 3.85. The Morgan fingerprint density at radius 1 is 1.11 bits per heavy atom. The maximum atomic E-state index is 5.95. The molecule has 0 N–H and O–H groups in total. The van der Waals surface area contributed by atoms with Crippen LogP contribution >= 0.6 is 0 Å². The smallest absolute Gasteiger partial charge is 0.247 e. The SMILES string of the molecule is COc1ccc(C2CCCN2Cc2nnc(-c3cccc(C)c3)o2)c(OC)c1. The summed E-state index contributed by atoms with van der Waals surface area (Å²) in [4.78, 5) is 2.37. The molecule has 0 spiro atoms. The summed E-state index contributed by atoms with van der Waals surface area (Å²) in [7, 11) is 3.36. The lowest BCUT2D eigenvalue weighted by molar-refractivity contribution is 0.220. The molecule has 1 saturated heterocycles. The number of ether oxygens (including phenoxy) is 2. The fraction of sp³-hybridized carbons (Fsp3) is 0.364. The molecule has 1 atom stereocenters. The third kappa shape index (κ3) is 3.73. The molecule has 1 aromatic heterocycles. The number of likely N-dealkylation sites (tertiary alicyclic amines) is 1. The first kappa shape index (κ1) is 18.5. The van der Waals surface area contributed by atoms with Crippen LogP contribution in [0.2, 0.25) is 0 Å². The van der Waals surface area contributed by atoms with Crippen LogP contribution in [0.25, 0.3) is 11.5 Å². The molecular weight excluding hydrogens is 354 g/mol. The lowest BCUT2D eigenvalue weighted by Gasteiger charge is -2.25. The van der Waals surface area contributed by atoms with Gasteiger partial charge in [-0.25, -0.2) is 0 Å². The highest BCUT2D eigenvalue weighted by Gasteiger charge is 2.30. The average molecular weight is 379 g/mol. The van der Waals surface area contributed by atoms with E-state index in [4.69, 9.17) is 13.9 Å². The Bertz CT molecular complexity index is 954. The van der Waals surface area contributed by atoms with Crippen LogP contribution in [0.5, 0.6) is 11.5 Å². The van der Waals surface area contributed by atoms with E-state index in [0.717, 1.165) is 36.4 Å².